The Labute approximate surface area is 107 Å². The lowest BCUT2D eigenvalue weighted by Gasteiger charge is -2.34. The van der Waals surface area contributed by atoms with Crippen LogP contribution in [0.2, 0.25) is 0 Å². The fraction of sp³-hybridized carbons (Fsp3) is 0.545. The predicted octanol–water partition coefficient (Wildman–Crippen LogP) is 2.35. The minimum atomic E-state index is -0.268. The maximum absolute atomic E-state index is 12.2. The highest BCUT2D eigenvalue weighted by atomic mass is 79.9. The summed E-state index contributed by atoms with van der Waals surface area (Å²) in [6.07, 6.45) is 0.409. The zero-order valence-corrected chi connectivity index (χ0v) is 11.4. The van der Waals surface area contributed by atoms with Gasteiger partial charge in [0.15, 0.2) is 0 Å². The molecule has 2 unspecified atom stereocenters. The van der Waals surface area contributed by atoms with E-state index in [-0.39, 0.29) is 17.9 Å². The minimum Gasteiger partial charge on any atom is -0.393 e. The molecule has 0 bridgehead atoms. The first kappa shape index (κ1) is 12.1. The molecule has 0 aliphatic carbocycles. The van der Waals surface area contributed by atoms with Crippen LogP contribution in [-0.4, -0.2) is 35.1 Å². The van der Waals surface area contributed by atoms with Crippen molar-refractivity contribution in [3.63, 3.8) is 0 Å². The minimum absolute atomic E-state index is 0.0700. The summed E-state index contributed by atoms with van der Waals surface area (Å²) in [5, 5.41) is 11.5. The second-order valence-corrected chi connectivity index (χ2v) is 5.95. The van der Waals surface area contributed by atoms with Crippen LogP contribution >= 0.6 is 27.3 Å². The van der Waals surface area contributed by atoms with Crippen LogP contribution in [0.15, 0.2) is 15.9 Å². The second-order valence-electron chi connectivity index (χ2n) is 4.18. The van der Waals surface area contributed by atoms with Gasteiger partial charge in [0, 0.05) is 17.6 Å². The topological polar surface area (TPSA) is 40.5 Å². The highest BCUT2D eigenvalue weighted by molar-refractivity contribution is 9.10. The first-order chi connectivity index (χ1) is 7.59. The van der Waals surface area contributed by atoms with Gasteiger partial charge in [-0.25, -0.2) is 0 Å². The van der Waals surface area contributed by atoms with Crippen molar-refractivity contribution in [3.8, 4) is 0 Å². The number of rotatable bonds is 1. The number of aliphatic hydroxyl groups excluding tert-OH is 1. The van der Waals surface area contributed by atoms with Gasteiger partial charge in [0.2, 0.25) is 0 Å². The zero-order chi connectivity index (χ0) is 11.7. The molecule has 1 amide bonds. The molecule has 2 atom stereocenters. The van der Waals surface area contributed by atoms with Gasteiger partial charge in [-0.2, -0.15) is 0 Å². The number of hydrogen-bond donors (Lipinski definition) is 1. The Morgan fingerprint density at radius 2 is 2.44 bits per heavy atom. The molecule has 1 N–H and O–H groups in total. The summed E-state index contributed by atoms with van der Waals surface area (Å²) >= 11 is 4.83. The lowest BCUT2D eigenvalue weighted by atomic mass is 9.97. The lowest BCUT2D eigenvalue weighted by molar-refractivity contribution is 0.0300. The van der Waals surface area contributed by atoms with Gasteiger partial charge in [-0.05, 0) is 39.7 Å². The second kappa shape index (κ2) is 4.85. The van der Waals surface area contributed by atoms with Crippen LogP contribution in [0.1, 0.15) is 23.0 Å². The van der Waals surface area contributed by atoms with Crippen molar-refractivity contribution in [2.24, 2.45) is 5.92 Å². The van der Waals surface area contributed by atoms with Crippen molar-refractivity contribution in [2.45, 2.75) is 19.4 Å². The molecule has 0 aromatic carbocycles. The Kier molecular flexibility index (Phi) is 3.66. The van der Waals surface area contributed by atoms with Crippen LogP contribution < -0.4 is 0 Å². The summed E-state index contributed by atoms with van der Waals surface area (Å²) in [6, 6.07) is 1.89. The molecule has 0 spiro atoms. The van der Waals surface area contributed by atoms with E-state index in [9.17, 15) is 9.90 Å². The van der Waals surface area contributed by atoms with Gasteiger partial charge in [0.1, 0.15) is 4.88 Å². The maximum Gasteiger partial charge on any atom is 0.265 e. The average molecular weight is 304 g/mol. The van der Waals surface area contributed by atoms with E-state index in [1.54, 1.807) is 0 Å². The molecule has 1 fully saturated rings. The molecular weight excluding hydrogens is 290 g/mol. The first-order valence-electron chi connectivity index (χ1n) is 5.30. The van der Waals surface area contributed by atoms with Crippen LogP contribution in [0.25, 0.3) is 0 Å². The third-order valence-electron chi connectivity index (χ3n) is 2.96. The fourth-order valence-corrected chi connectivity index (χ4v) is 3.42. The molecule has 1 aliphatic heterocycles. The fourth-order valence-electron chi connectivity index (χ4n) is 1.91. The van der Waals surface area contributed by atoms with Gasteiger partial charge in [0.05, 0.1) is 6.10 Å². The smallest absolute Gasteiger partial charge is 0.265 e. The Morgan fingerprint density at radius 3 is 3.00 bits per heavy atom. The third-order valence-corrected chi connectivity index (χ3v) is 4.78. The van der Waals surface area contributed by atoms with Crippen LogP contribution in [0.4, 0.5) is 0 Å². The number of aliphatic hydroxyl groups is 1. The van der Waals surface area contributed by atoms with Gasteiger partial charge >= 0.3 is 0 Å². The quantitative estimate of drug-likeness (QED) is 0.865. The zero-order valence-electron chi connectivity index (χ0n) is 9.02. The van der Waals surface area contributed by atoms with Crippen molar-refractivity contribution in [3.05, 3.63) is 20.8 Å². The highest BCUT2D eigenvalue weighted by Crippen LogP contribution is 2.26. The maximum atomic E-state index is 12.2. The number of piperidine rings is 1. The number of hydrogen-bond acceptors (Lipinski definition) is 3. The number of carbonyl (C=O) groups excluding carboxylic acids is 1. The van der Waals surface area contributed by atoms with Crippen molar-refractivity contribution in [1.82, 2.24) is 4.90 Å². The average Bonchev–Trinajstić information content (AvgIpc) is 2.67. The molecule has 16 heavy (non-hydrogen) atoms. The Morgan fingerprint density at radius 1 is 1.69 bits per heavy atom. The SMILES string of the molecule is CC1CN(C(=O)c2sccc2Br)CCC1O. The molecule has 5 heteroatoms. The van der Waals surface area contributed by atoms with Crippen LogP contribution in [-0.2, 0) is 0 Å². The molecule has 1 saturated heterocycles. The van der Waals surface area contributed by atoms with Crippen LogP contribution in [0.3, 0.4) is 0 Å². The molecule has 1 aromatic heterocycles. The van der Waals surface area contributed by atoms with Crippen LogP contribution in [0.5, 0.6) is 0 Å². The van der Waals surface area contributed by atoms with E-state index in [1.165, 1.54) is 11.3 Å². The number of carbonyl (C=O) groups is 1. The molecule has 3 nitrogen and oxygen atoms in total. The number of halogens is 1. The van der Waals surface area contributed by atoms with Crippen molar-refractivity contribution >= 4 is 33.2 Å². The largest absolute Gasteiger partial charge is 0.393 e. The van der Waals surface area contributed by atoms with Gasteiger partial charge in [0.25, 0.3) is 5.91 Å². The van der Waals surface area contributed by atoms with Gasteiger partial charge in [-0.1, -0.05) is 6.92 Å². The van der Waals surface area contributed by atoms with Gasteiger partial charge in [-0.15, -0.1) is 11.3 Å². The summed E-state index contributed by atoms with van der Waals surface area (Å²) in [5.41, 5.74) is 0. The highest BCUT2D eigenvalue weighted by Gasteiger charge is 2.28. The number of nitrogens with zero attached hydrogens (tertiary/aromatic N) is 1. The van der Waals surface area contributed by atoms with Crippen LogP contribution in [0, 0.1) is 5.92 Å². The lowest BCUT2D eigenvalue weighted by Crippen LogP contribution is -2.44. The molecule has 88 valence electrons. The van der Waals surface area contributed by atoms with Crippen molar-refractivity contribution < 1.29 is 9.90 Å². The first-order valence-corrected chi connectivity index (χ1v) is 6.97. The Hall–Kier alpha value is -0.390. The standard InChI is InChI=1S/C11H14BrNO2S/c1-7-6-13(4-2-9(7)14)11(15)10-8(12)3-5-16-10/h3,5,7,9,14H,2,4,6H2,1H3. The molecular formula is C11H14BrNO2S. The molecule has 1 aromatic rings. The van der Waals surface area contributed by atoms with E-state index in [1.807, 2.05) is 23.3 Å². The summed E-state index contributed by atoms with van der Waals surface area (Å²) < 4.78 is 0.862. The van der Waals surface area contributed by atoms with E-state index >= 15 is 0 Å². The van der Waals surface area contributed by atoms with Crippen molar-refractivity contribution in [1.29, 1.82) is 0 Å². The van der Waals surface area contributed by atoms with E-state index < -0.39 is 0 Å². The third kappa shape index (κ3) is 2.31. The number of amides is 1. The normalized spacial score (nSPS) is 25.8. The summed E-state index contributed by atoms with van der Waals surface area (Å²) in [4.78, 5) is 14.7. The molecule has 0 saturated carbocycles. The summed E-state index contributed by atoms with van der Waals surface area (Å²) in [6.45, 7) is 3.27. The van der Waals surface area contributed by atoms with Crippen molar-refractivity contribution in [2.75, 3.05) is 13.1 Å². The van der Waals surface area contributed by atoms with E-state index in [2.05, 4.69) is 15.9 Å². The van der Waals surface area contributed by atoms with Gasteiger partial charge in [-0.3, -0.25) is 4.79 Å². The predicted molar refractivity (Wildman–Crippen MR) is 67.7 cm³/mol. The van der Waals surface area contributed by atoms with E-state index in [0.717, 1.165) is 9.35 Å². The molecule has 1 aliphatic rings. The van der Waals surface area contributed by atoms with E-state index in [0.29, 0.717) is 19.5 Å². The summed E-state index contributed by atoms with van der Waals surface area (Å²) in [5.74, 6) is 0.233. The van der Waals surface area contributed by atoms with Gasteiger partial charge < -0.3 is 10.0 Å². The molecule has 0 radical (unpaired) electrons. The molecule has 2 rings (SSSR count). The Bertz CT molecular complexity index is 393. The van der Waals surface area contributed by atoms with E-state index in [4.69, 9.17) is 0 Å². The monoisotopic (exact) mass is 303 g/mol. The number of thiophene rings is 1. The summed E-state index contributed by atoms with van der Waals surface area (Å²) in [7, 11) is 0. The number of likely N-dealkylation sites (tertiary alicyclic amines) is 1. The molecule has 2 heterocycles. The Balaban J connectivity index is 2.09.